The highest BCUT2D eigenvalue weighted by Gasteiger charge is 2.14. The summed E-state index contributed by atoms with van der Waals surface area (Å²) < 4.78 is 11.1. The van der Waals surface area contributed by atoms with Gasteiger partial charge in [-0.2, -0.15) is 0 Å². The summed E-state index contributed by atoms with van der Waals surface area (Å²) in [6.07, 6.45) is 2.35. The molecule has 5 nitrogen and oxygen atoms in total. The fourth-order valence-corrected chi connectivity index (χ4v) is 3.09. The highest BCUT2D eigenvalue weighted by molar-refractivity contribution is 5.49. The van der Waals surface area contributed by atoms with Crippen LogP contribution < -0.4 is 9.47 Å². The van der Waals surface area contributed by atoms with E-state index in [9.17, 15) is 0 Å². The number of benzene rings is 1. The van der Waals surface area contributed by atoms with Gasteiger partial charge in [-0.05, 0) is 80.2 Å². The summed E-state index contributed by atoms with van der Waals surface area (Å²) in [6.45, 7) is 7.39. The van der Waals surface area contributed by atoms with Gasteiger partial charge in [0.2, 0.25) is 0 Å². The van der Waals surface area contributed by atoms with Gasteiger partial charge in [0.1, 0.15) is 11.5 Å². The highest BCUT2D eigenvalue weighted by Crippen LogP contribution is 2.32. The van der Waals surface area contributed by atoms with Crippen molar-refractivity contribution in [3.05, 3.63) is 23.3 Å². The Morgan fingerprint density at radius 3 is 1.80 bits per heavy atom. The van der Waals surface area contributed by atoms with Crippen LogP contribution in [0, 0.1) is 6.92 Å². The molecule has 0 saturated heterocycles. The zero-order valence-electron chi connectivity index (χ0n) is 17.3. The molecule has 5 heteroatoms. The molecule has 0 saturated carbocycles. The number of ether oxygens (including phenoxy) is 2. The molecule has 1 aromatic carbocycles. The van der Waals surface area contributed by atoms with Crippen LogP contribution in [0.3, 0.4) is 0 Å². The van der Waals surface area contributed by atoms with E-state index in [-0.39, 0.29) is 0 Å². The number of nitrogens with zero attached hydrogens (tertiary/aromatic N) is 3. The van der Waals surface area contributed by atoms with E-state index in [1.54, 1.807) is 14.2 Å². The lowest BCUT2D eigenvalue weighted by Crippen LogP contribution is -2.30. The van der Waals surface area contributed by atoms with Crippen molar-refractivity contribution in [2.24, 2.45) is 0 Å². The standard InChI is InChI=1S/C20H37N3O2/c1-17-19(24-6)11-10-18(20(17)25-7)16-23(14-8-12-21(2)3)15-9-13-22(4)5/h10-11H,8-9,12-16H2,1-7H3. The van der Waals surface area contributed by atoms with Crippen molar-refractivity contribution >= 4 is 0 Å². The van der Waals surface area contributed by atoms with Gasteiger partial charge in [0.05, 0.1) is 14.2 Å². The molecule has 0 heterocycles. The third-order valence-corrected chi connectivity index (χ3v) is 4.42. The van der Waals surface area contributed by atoms with Gasteiger partial charge in [-0.1, -0.05) is 6.07 Å². The van der Waals surface area contributed by atoms with Crippen molar-refractivity contribution in [3.63, 3.8) is 0 Å². The Labute approximate surface area is 154 Å². The third-order valence-electron chi connectivity index (χ3n) is 4.42. The molecule has 0 radical (unpaired) electrons. The van der Waals surface area contributed by atoms with Crippen LogP contribution in [0.25, 0.3) is 0 Å². The van der Waals surface area contributed by atoms with Crippen LogP contribution in [-0.4, -0.2) is 83.3 Å². The Morgan fingerprint density at radius 1 is 0.800 bits per heavy atom. The van der Waals surface area contributed by atoms with Crippen LogP contribution in [0.2, 0.25) is 0 Å². The molecule has 0 atom stereocenters. The Hall–Kier alpha value is -1.30. The van der Waals surface area contributed by atoms with E-state index in [0.717, 1.165) is 49.8 Å². The molecule has 25 heavy (non-hydrogen) atoms. The van der Waals surface area contributed by atoms with E-state index in [4.69, 9.17) is 9.47 Å². The maximum absolute atomic E-state index is 5.68. The second kappa shape index (κ2) is 11.3. The van der Waals surface area contributed by atoms with Gasteiger partial charge in [-0.25, -0.2) is 0 Å². The topological polar surface area (TPSA) is 28.2 Å². The molecule has 0 fully saturated rings. The van der Waals surface area contributed by atoms with Crippen molar-refractivity contribution in [2.45, 2.75) is 26.3 Å². The second-order valence-electron chi connectivity index (χ2n) is 7.18. The molecular formula is C20H37N3O2. The fourth-order valence-electron chi connectivity index (χ4n) is 3.09. The lowest BCUT2D eigenvalue weighted by atomic mass is 10.1. The first kappa shape index (κ1) is 21.7. The maximum atomic E-state index is 5.68. The first-order chi connectivity index (χ1) is 11.9. The van der Waals surface area contributed by atoms with E-state index >= 15 is 0 Å². The largest absolute Gasteiger partial charge is 0.496 e. The summed E-state index contributed by atoms with van der Waals surface area (Å²) in [5.41, 5.74) is 2.31. The molecule has 0 aromatic heterocycles. The van der Waals surface area contributed by atoms with Gasteiger partial charge in [0.25, 0.3) is 0 Å². The van der Waals surface area contributed by atoms with Gasteiger partial charge in [0.15, 0.2) is 0 Å². The molecule has 144 valence electrons. The average molecular weight is 352 g/mol. The van der Waals surface area contributed by atoms with E-state index in [0.29, 0.717) is 0 Å². The van der Waals surface area contributed by atoms with Gasteiger partial charge >= 0.3 is 0 Å². The quantitative estimate of drug-likeness (QED) is 0.577. The smallest absolute Gasteiger partial charge is 0.129 e. The Morgan fingerprint density at radius 2 is 1.36 bits per heavy atom. The van der Waals surface area contributed by atoms with Crippen molar-refractivity contribution in [2.75, 3.05) is 68.6 Å². The molecular weight excluding hydrogens is 314 g/mol. The summed E-state index contributed by atoms with van der Waals surface area (Å²) in [5, 5.41) is 0. The Balaban J connectivity index is 2.82. The number of rotatable bonds is 12. The van der Waals surface area contributed by atoms with Crippen LogP contribution in [0.5, 0.6) is 11.5 Å². The predicted octanol–water partition coefficient (Wildman–Crippen LogP) is 2.72. The van der Waals surface area contributed by atoms with E-state index in [1.807, 2.05) is 6.07 Å². The van der Waals surface area contributed by atoms with Crippen LogP contribution in [-0.2, 0) is 6.54 Å². The molecule has 0 bridgehead atoms. The fraction of sp³-hybridized carbons (Fsp3) is 0.700. The van der Waals surface area contributed by atoms with Crippen molar-refractivity contribution in [1.29, 1.82) is 0 Å². The number of methoxy groups -OCH3 is 2. The van der Waals surface area contributed by atoms with Crippen LogP contribution in [0.15, 0.2) is 12.1 Å². The number of hydrogen-bond acceptors (Lipinski definition) is 5. The maximum Gasteiger partial charge on any atom is 0.129 e. The van der Waals surface area contributed by atoms with Crippen molar-refractivity contribution < 1.29 is 9.47 Å². The van der Waals surface area contributed by atoms with E-state index in [1.165, 1.54) is 18.4 Å². The Kier molecular flexibility index (Phi) is 9.86. The van der Waals surface area contributed by atoms with Gasteiger partial charge in [-0.3, -0.25) is 4.90 Å². The van der Waals surface area contributed by atoms with E-state index < -0.39 is 0 Å². The molecule has 0 aliphatic heterocycles. The van der Waals surface area contributed by atoms with Gasteiger partial charge < -0.3 is 19.3 Å². The third kappa shape index (κ3) is 7.63. The lowest BCUT2D eigenvalue weighted by molar-refractivity contribution is 0.231. The van der Waals surface area contributed by atoms with Crippen LogP contribution in [0.1, 0.15) is 24.0 Å². The first-order valence-electron chi connectivity index (χ1n) is 9.11. The summed E-state index contributed by atoms with van der Waals surface area (Å²) in [6, 6.07) is 4.18. The van der Waals surface area contributed by atoms with Crippen LogP contribution in [0.4, 0.5) is 0 Å². The second-order valence-corrected chi connectivity index (χ2v) is 7.18. The normalized spacial score (nSPS) is 11.6. The molecule has 1 rings (SSSR count). The van der Waals surface area contributed by atoms with Crippen molar-refractivity contribution in [1.82, 2.24) is 14.7 Å². The SMILES string of the molecule is COc1ccc(CN(CCCN(C)C)CCCN(C)C)c(OC)c1C. The summed E-state index contributed by atoms with van der Waals surface area (Å²) in [5.74, 6) is 1.83. The van der Waals surface area contributed by atoms with Gasteiger partial charge in [-0.15, -0.1) is 0 Å². The summed E-state index contributed by atoms with van der Waals surface area (Å²) in [4.78, 5) is 7.03. The zero-order chi connectivity index (χ0) is 18.8. The molecule has 0 unspecified atom stereocenters. The monoisotopic (exact) mass is 351 g/mol. The van der Waals surface area contributed by atoms with Gasteiger partial charge in [0, 0.05) is 17.7 Å². The summed E-state index contributed by atoms with van der Waals surface area (Å²) in [7, 11) is 12.0. The predicted molar refractivity (Wildman–Crippen MR) is 106 cm³/mol. The highest BCUT2D eigenvalue weighted by atomic mass is 16.5. The first-order valence-corrected chi connectivity index (χ1v) is 9.11. The lowest BCUT2D eigenvalue weighted by Gasteiger charge is -2.25. The molecule has 0 aliphatic rings. The van der Waals surface area contributed by atoms with E-state index in [2.05, 4.69) is 55.9 Å². The van der Waals surface area contributed by atoms with Crippen molar-refractivity contribution in [3.8, 4) is 11.5 Å². The zero-order valence-corrected chi connectivity index (χ0v) is 17.3. The van der Waals surface area contributed by atoms with Crippen LogP contribution >= 0.6 is 0 Å². The molecule has 0 N–H and O–H groups in total. The molecule has 0 spiro atoms. The minimum Gasteiger partial charge on any atom is -0.496 e. The minimum atomic E-state index is 0.882. The molecule has 0 amide bonds. The Bertz CT molecular complexity index is 490. The number of hydrogen-bond donors (Lipinski definition) is 0. The molecule has 1 aromatic rings. The average Bonchev–Trinajstić information content (AvgIpc) is 2.54. The minimum absolute atomic E-state index is 0.882. The summed E-state index contributed by atoms with van der Waals surface area (Å²) >= 11 is 0. The molecule has 0 aliphatic carbocycles.